The first kappa shape index (κ1) is 27.1. The molecule has 2 aliphatic heterocycles. The first-order valence-corrected chi connectivity index (χ1v) is 13.8. The molecule has 38 heavy (non-hydrogen) atoms. The highest BCUT2D eigenvalue weighted by Crippen LogP contribution is 2.42. The standard InChI is InChI=1S/C24H22ClN5O3S.C2H4O2/c1-34(31,32)33-21-14-17(13-20(25)15-21)16-4-2-5-19(12-16)24(18-6-9-27-10-7-18)22-28-8-3-11-30(22)23(26)29-24;1-2(3)4/h2,4-7,9-10,12-15H,3,8,11H2,1H3,(H2,26,29);1H3,(H,3,4). The molecule has 5 rings (SSSR count). The fourth-order valence-corrected chi connectivity index (χ4v) is 5.11. The SMILES string of the molecule is CC(=O)O.CS(=O)(=O)Oc1cc(Cl)cc(-c2cccc(C3(c4ccncc4)N=C(N)N4CCCN=C43)c2)c1. The van der Waals surface area contributed by atoms with Crippen molar-refractivity contribution < 1.29 is 22.5 Å². The van der Waals surface area contributed by atoms with Gasteiger partial charge in [-0.2, -0.15) is 8.42 Å². The number of fused-ring (bicyclic) bond motifs is 1. The van der Waals surface area contributed by atoms with E-state index in [-0.39, 0.29) is 5.75 Å². The molecule has 2 aromatic carbocycles. The van der Waals surface area contributed by atoms with Gasteiger partial charge < -0.3 is 15.0 Å². The van der Waals surface area contributed by atoms with Gasteiger partial charge in [0.05, 0.1) is 6.26 Å². The number of nitrogens with zero attached hydrogens (tertiary/aromatic N) is 4. The maximum Gasteiger partial charge on any atom is 0.306 e. The topological polar surface area (TPSA) is 148 Å². The number of guanidine groups is 1. The van der Waals surface area contributed by atoms with Crippen LogP contribution in [0, 0.1) is 0 Å². The fourth-order valence-electron chi connectivity index (χ4n) is 4.44. The first-order chi connectivity index (χ1) is 18.0. The average Bonchev–Trinajstić information content (AvgIpc) is 3.16. The van der Waals surface area contributed by atoms with Gasteiger partial charge in [0.25, 0.3) is 5.97 Å². The van der Waals surface area contributed by atoms with Crippen molar-refractivity contribution in [3.05, 3.63) is 83.1 Å². The number of carbonyl (C=O) groups is 1. The molecule has 0 fully saturated rings. The van der Waals surface area contributed by atoms with Crippen LogP contribution < -0.4 is 9.92 Å². The van der Waals surface area contributed by atoms with Crippen molar-refractivity contribution in [2.45, 2.75) is 18.9 Å². The summed E-state index contributed by atoms with van der Waals surface area (Å²) in [4.78, 5) is 24.9. The Hall–Kier alpha value is -3.96. The predicted molar refractivity (Wildman–Crippen MR) is 146 cm³/mol. The van der Waals surface area contributed by atoms with Gasteiger partial charge in [-0.1, -0.05) is 29.8 Å². The molecule has 1 atom stereocenters. The third-order valence-corrected chi connectivity index (χ3v) is 6.48. The number of carboxylic acids is 1. The van der Waals surface area contributed by atoms with Crippen LogP contribution in [0.15, 0.2) is 77.0 Å². The molecule has 10 nitrogen and oxygen atoms in total. The molecule has 1 aromatic heterocycles. The van der Waals surface area contributed by atoms with Crippen LogP contribution in [0.5, 0.6) is 5.75 Å². The summed E-state index contributed by atoms with van der Waals surface area (Å²) in [5.41, 5.74) is 8.74. The summed E-state index contributed by atoms with van der Waals surface area (Å²) in [5, 5.41) is 7.77. The Bertz CT molecular complexity index is 1520. The number of benzene rings is 2. The second kappa shape index (κ2) is 10.8. The minimum Gasteiger partial charge on any atom is -0.481 e. The van der Waals surface area contributed by atoms with Crippen molar-refractivity contribution in [2.24, 2.45) is 15.7 Å². The molecule has 0 amide bonds. The highest BCUT2D eigenvalue weighted by molar-refractivity contribution is 7.86. The highest BCUT2D eigenvalue weighted by atomic mass is 35.5. The van der Waals surface area contributed by atoms with Crippen molar-refractivity contribution in [2.75, 3.05) is 19.3 Å². The maximum atomic E-state index is 11.6. The molecule has 0 aliphatic carbocycles. The lowest BCUT2D eigenvalue weighted by molar-refractivity contribution is -0.134. The molecule has 1 unspecified atom stereocenters. The average molecular weight is 556 g/mol. The Balaban J connectivity index is 0.000000786. The van der Waals surface area contributed by atoms with Crippen LogP contribution in [0.25, 0.3) is 11.1 Å². The third-order valence-electron chi connectivity index (χ3n) is 5.77. The molecule has 198 valence electrons. The van der Waals surface area contributed by atoms with Gasteiger partial charge in [0.1, 0.15) is 11.6 Å². The van der Waals surface area contributed by atoms with Crippen LogP contribution in [0.2, 0.25) is 5.02 Å². The van der Waals surface area contributed by atoms with Gasteiger partial charge in [0.15, 0.2) is 11.5 Å². The van der Waals surface area contributed by atoms with Crippen LogP contribution >= 0.6 is 11.6 Å². The van der Waals surface area contributed by atoms with Gasteiger partial charge in [0, 0.05) is 43.5 Å². The van der Waals surface area contributed by atoms with E-state index in [0.717, 1.165) is 48.7 Å². The van der Waals surface area contributed by atoms with Crippen LogP contribution in [0.3, 0.4) is 0 Å². The minimum atomic E-state index is -3.70. The molecular weight excluding hydrogens is 530 g/mol. The summed E-state index contributed by atoms with van der Waals surface area (Å²) in [6, 6.07) is 16.5. The Morgan fingerprint density at radius 2 is 1.82 bits per heavy atom. The van der Waals surface area contributed by atoms with Gasteiger partial charge in [-0.05, 0) is 59.0 Å². The van der Waals surface area contributed by atoms with Crippen molar-refractivity contribution in [1.29, 1.82) is 0 Å². The number of rotatable bonds is 5. The zero-order chi connectivity index (χ0) is 27.5. The van der Waals surface area contributed by atoms with E-state index < -0.39 is 21.6 Å². The van der Waals surface area contributed by atoms with E-state index in [9.17, 15) is 8.42 Å². The number of halogens is 1. The normalized spacial score (nSPS) is 18.4. The highest BCUT2D eigenvalue weighted by Gasteiger charge is 2.49. The zero-order valence-corrected chi connectivity index (χ0v) is 22.3. The second-order valence-electron chi connectivity index (χ2n) is 8.69. The van der Waals surface area contributed by atoms with Crippen LogP contribution in [-0.2, 0) is 20.5 Å². The molecule has 0 bridgehead atoms. The summed E-state index contributed by atoms with van der Waals surface area (Å²) in [7, 11) is -3.70. The van der Waals surface area contributed by atoms with Crippen molar-refractivity contribution in [1.82, 2.24) is 9.88 Å². The van der Waals surface area contributed by atoms with Crippen molar-refractivity contribution in [3.8, 4) is 16.9 Å². The minimum absolute atomic E-state index is 0.144. The smallest absolute Gasteiger partial charge is 0.306 e. The molecule has 0 saturated carbocycles. The number of hydrogen-bond donors (Lipinski definition) is 2. The van der Waals surface area contributed by atoms with E-state index in [1.807, 2.05) is 41.3 Å². The molecule has 0 saturated heterocycles. The van der Waals surface area contributed by atoms with Gasteiger partial charge in [-0.3, -0.25) is 19.7 Å². The molecule has 3 aromatic rings. The quantitative estimate of drug-likeness (QED) is 0.454. The fraction of sp³-hybridized carbons (Fsp3) is 0.231. The van der Waals surface area contributed by atoms with Gasteiger partial charge in [0.2, 0.25) is 0 Å². The third kappa shape index (κ3) is 5.79. The number of amidine groups is 1. The molecule has 2 aliphatic rings. The van der Waals surface area contributed by atoms with E-state index in [4.69, 9.17) is 41.4 Å². The Kier molecular flexibility index (Phi) is 7.70. The van der Waals surface area contributed by atoms with E-state index in [1.54, 1.807) is 24.5 Å². The van der Waals surface area contributed by atoms with Gasteiger partial charge in [-0.15, -0.1) is 0 Å². The maximum absolute atomic E-state index is 11.6. The number of hydrogen-bond acceptors (Lipinski definition) is 9. The summed E-state index contributed by atoms with van der Waals surface area (Å²) < 4.78 is 28.3. The molecule has 3 heterocycles. The molecule has 0 radical (unpaired) electrons. The van der Waals surface area contributed by atoms with Crippen molar-refractivity contribution in [3.63, 3.8) is 0 Å². The lowest BCUT2D eigenvalue weighted by Gasteiger charge is -2.33. The number of aliphatic carboxylic acids is 1. The van der Waals surface area contributed by atoms with Gasteiger partial charge in [-0.25, -0.2) is 4.99 Å². The Morgan fingerprint density at radius 3 is 2.50 bits per heavy atom. The zero-order valence-electron chi connectivity index (χ0n) is 20.7. The summed E-state index contributed by atoms with van der Waals surface area (Å²) >= 11 is 6.28. The predicted octanol–water partition coefficient (Wildman–Crippen LogP) is 3.51. The number of pyridine rings is 1. The van der Waals surface area contributed by atoms with Gasteiger partial charge >= 0.3 is 10.1 Å². The molecule has 12 heteroatoms. The molecule has 3 N–H and O–H groups in total. The Morgan fingerprint density at radius 1 is 1.11 bits per heavy atom. The van der Waals surface area contributed by atoms with Crippen molar-refractivity contribution >= 4 is 39.5 Å². The summed E-state index contributed by atoms with van der Waals surface area (Å²) in [6.07, 6.45) is 5.35. The number of aromatic nitrogens is 1. The van der Waals surface area contributed by atoms with Crippen LogP contribution in [0.1, 0.15) is 24.5 Å². The largest absolute Gasteiger partial charge is 0.481 e. The lowest BCUT2D eigenvalue weighted by atomic mass is 9.81. The summed E-state index contributed by atoms with van der Waals surface area (Å²) in [6.45, 7) is 2.53. The molecule has 0 spiro atoms. The molecular formula is C26H26ClN5O5S. The van der Waals surface area contributed by atoms with Crippen LogP contribution in [-0.4, -0.2) is 60.5 Å². The summed E-state index contributed by atoms with van der Waals surface area (Å²) in [5.74, 6) is 0.518. The van der Waals surface area contributed by atoms with E-state index in [0.29, 0.717) is 23.1 Å². The Labute approximate surface area is 225 Å². The lowest BCUT2D eigenvalue weighted by Crippen LogP contribution is -2.46. The second-order valence-corrected chi connectivity index (χ2v) is 10.7. The van der Waals surface area contributed by atoms with E-state index in [2.05, 4.69) is 4.98 Å². The van der Waals surface area contributed by atoms with E-state index in [1.165, 1.54) is 6.07 Å². The number of carboxylic acid groups (broad SMARTS) is 1. The first-order valence-electron chi connectivity index (χ1n) is 11.6. The van der Waals surface area contributed by atoms with Crippen LogP contribution in [0.4, 0.5) is 0 Å². The number of nitrogens with two attached hydrogens (primary N) is 1. The van der Waals surface area contributed by atoms with E-state index >= 15 is 0 Å². The monoisotopic (exact) mass is 555 g/mol. The number of aliphatic imine (C=N–C) groups is 2.